The smallest absolute Gasteiger partial charge is 0.408 e. The zero-order chi connectivity index (χ0) is 28.1. The average molecular weight is 529 g/mol. The third-order valence-corrected chi connectivity index (χ3v) is 6.45. The van der Waals surface area contributed by atoms with Crippen LogP contribution in [0.15, 0.2) is 96.0 Å². The topological polar surface area (TPSA) is 109 Å². The van der Waals surface area contributed by atoms with E-state index in [1.807, 2.05) is 105 Å². The quantitative estimate of drug-likeness (QED) is 0.303. The second-order valence-electron chi connectivity index (χ2n) is 9.67. The minimum atomic E-state index is -1.35. The van der Waals surface area contributed by atoms with Crippen LogP contribution in [0.3, 0.4) is 0 Å². The van der Waals surface area contributed by atoms with Crippen LogP contribution < -0.4 is 16.0 Å². The molecule has 2 atom stereocenters. The molecule has 0 aliphatic carbocycles. The van der Waals surface area contributed by atoms with Gasteiger partial charge in [-0.2, -0.15) is 0 Å². The summed E-state index contributed by atoms with van der Waals surface area (Å²) in [6.45, 7) is 5.95. The van der Waals surface area contributed by atoms with Gasteiger partial charge in [0.05, 0.1) is 6.54 Å². The molecule has 3 amide bonds. The first kappa shape index (κ1) is 29.1. The maximum atomic E-state index is 13.5. The Labute approximate surface area is 229 Å². The van der Waals surface area contributed by atoms with Gasteiger partial charge in [-0.05, 0) is 29.5 Å². The third kappa shape index (κ3) is 9.10. The number of hydrogen-bond acceptors (Lipinski definition) is 5. The summed E-state index contributed by atoms with van der Waals surface area (Å²) in [6, 6.07) is 27.3. The van der Waals surface area contributed by atoms with E-state index in [4.69, 9.17) is 4.74 Å². The highest BCUT2D eigenvalue weighted by molar-refractivity contribution is 6.02. The molecule has 0 heterocycles. The van der Waals surface area contributed by atoms with Gasteiger partial charge in [-0.25, -0.2) is 4.79 Å². The van der Waals surface area contributed by atoms with Crippen molar-refractivity contribution in [2.75, 3.05) is 0 Å². The Morgan fingerprint density at radius 2 is 1.38 bits per heavy atom. The predicted octanol–water partition coefficient (Wildman–Crippen LogP) is 4.40. The number of hydrogen-bond donors (Lipinski definition) is 3. The van der Waals surface area contributed by atoms with Crippen LogP contribution in [-0.2, 0) is 34.0 Å². The molecule has 39 heavy (non-hydrogen) atoms. The highest BCUT2D eigenvalue weighted by Crippen LogP contribution is 2.18. The van der Waals surface area contributed by atoms with Crippen LogP contribution in [0.2, 0.25) is 0 Å². The van der Waals surface area contributed by atoms with Gasteiger partial charge >= 0.3 is 6.09 Å². The van der Waals surface area contributed by atoms with Gasteiger partial charge in [-0.3, -0.25) is 14.6 Å². The van der Waals surface area contributed by atoms with Crippen molar-refractivity contribution in [3.05, 3.63) is 108 Å². The van der Waals surface area contributed by atoms with Crippen molar-refractivity contribution < 1.29 is 19.1 Å². The summed E-state index contributed by atoms with van der Waals surface area (Å²) in [6.07, 6.45) is 0.702. The average Bonchev–Trinajstić information content (AvgIpc) is 2.95. The molecule has 3 aromatic carbocycles. The molecule has 3 aromatic rings. The first-order chi connectivity index (χ1) is 18.8. The summed E-state index contributed by atoms with van der Waals surface area (Å²) in [5.41, 5.74) is 1.37. The molecule has 0 radical (unpaired) electrons. The van der Waals surface area contributed by atoms with Gasteiger partial charge in [0.2, 0.25) is 11.8 Å². The Kier molecular flexibility index (Phi) is 10.8. The van der Waals surface area contributed by atoms with Crippen LogP contribution in [0.1, 0.15) is 37.5 Å². The van der Waals surface area contributed by atoms with E-state index in [1.165, 1.54) is 6.21 Å². The fourth-order valence-corrected chi connectivity index (χ4v) is 3.64. The standard InChI is InChI=1S/C31H36N4O4/c1-23(2)31(3,35-30(38)39-22-26-17-11-6-12-18-26)29(37)34-27(21-32-19-24-13-7-4-8-14-24)28(36)33-20-25-15-9-5-10-16-25/h4-18,21,23,27H,19-20,22H2,1-3H3,(H,33,36)(H,34,37)(H,35,38)/t27?,31-/m0/s1. The Hall–Kier alpha value is -4.46. The van der Waals surface area contributed by atoms with E-state index in [9.17, 15) is 14.4 Å². The van der Waals surface area contributed by atoms with Crippen molar-refractivity contribution in [3.63, 3.8) is 0 Å². The van der Waals surface area contributed by atoms with Crippen molar-refractivity contribution in [2.45, 2.75) is 52.0 Å². The molecule has 0 aromatic heterocycles. The normalized spacial score (nSPS) is 13.3. The number of nitrogens with zero attached hydrogens (tertiary/aromatic N) is 1. The SMILES string of the molecule is CC(C)[C@](C)(NC(=O)OCc1ccccc1)C(=O)NC(C=NCc1ccccc1)C(=O)NCc1ccccc1. The molecule has 8 heteroatoms. The Morgan fingerprint density at radius 1 is 0.846 bits per heavy atom. The molecule has 1 unspecified atom stereocenters. The van der Waals surface area contributed by atoms with Gasteiger partial charge in [0.1, 0.15) is 18.2 Å². The van der Waals surface area contributed by atoms with E-state index in [0.29, 0.717) is 13.1 Å². The van der Waals surface area contributed by atoms with Crippen LogP contribution >= 0.6 is 0 Å². The Balaban J connectivity index is 1.70. The van der Waals surface area contributed by atoms with Crippen LogP contribution in [0.5, 0.6) is 0 Å². The van der Waals surface area contributed by atoms with E-state index in [-0.39, 0.29) is 12.5 Å². The predicted molar refractivity (Wildman–Crippen MR) is 152 cm³/mol. The molecule has 3 N–H and O–H groups in total. The van der Waals surface area contributed by atoms with Crippen LogP contribution in [0, 0.1) is 5.92 Å². The van der Waals surface area contributed by atoms with Crippen LogP contribution in [0.25, 0.3) is 0 Å². The number of aliphatic imine (C=N–C) groups is 1. The maximum absolute atomic E-state index is 13.5. The maximum Gasteiger partial charge on any atom is 0.408 e. The lowest BCUT2D eigenvalue weighted by Crippen LogP contribution is -2.63. The number of alkyl carbamates (subject to hydrolysis) is 1. The van der Waals surface area contributed by atoms with E-state index in [1.54, 1.807) is 6.92 Å². The van der Waals surface area contributed by atoms with Crippen molar-refractivity contribution in [2.24, 2.45) is 10.9 Å². The minimum absolute atomic E-state index is 0.0686. The highest BCUT2D eigenvalue weighted by Gasteiger charge is 2.40. The van der Waals surface area contributed by atoms with Gasteiger partial charge in [-0.15, -0.1) is 0 Å². The van der Waals surface area contributed by atoms with Crippen LogP contribution in [0.4, 0.5) is 4.79 Å². The van der Waals surface area contributed by atoms with Gasteiger partial charge in [-0.1, -0.05) is 105 Å². The Bertz CT molecular complexity index is 1230. The fourth-order valence-electron chi connectivity index (χ4n) is 3.64. The summed E-state index contributed by atoms with van der Waals surface area (Å²) in [5.74, 6) is -1.25. The summed E-state index contributed by atoms with van der Waals surface area (Å²) < 4.78 is 5.34. The van der Waals surface area contributed by atoms with Crippen molar-refractivity contribution in [1.29, 1.82) is 0 Å². The second-order valence-corrected chi connectivity index (χ2v) is 9.67. The zero-order valence-corrected chi connectivity index (χ0v) is 22.6. The fraction of sp³-hybridized carbons (Fsp3) is 0.290. The monoisotopic (exact) mass is 528 g/mol. The largest absolute Gasteiger partial charge is 0.445 e. The van der Waals surface area contributed by atoms with Gasteiger partial charge in [0, 0.05) is 12.8 Å². The van der Waals surface area contributed by atoms with Gasteiger partial charge in [0.15, 0.2) is 0 Å². The molecule has 0 saturated carbocycles. The second kappa shape index (κ2) is 14.5. The van der Waals surface area contributed by atoms with Crippen molar-refractivity contribution in [3.8, 4) is 0 Å². The number of benzene rings is 3. The number of carbonyl (C=O) groups is 3. The zero-order valence-electron chi connectivity index (χ0n) is 22.6. The first-order valence-electron chi connectivity index (χ1n) is 12.9. The summed E-state index contributed by atoms with van der Waals surface area (Å²) in [4.78, 5) is 43.7. The van der Waals surface area contributed by atoms with Crippen LogP contribution in [-0.4, -0.2) is 35.7 Å². The molecule has 0 fully saturated rings. The molecule has 0 bridgehead atoms. The lowest BCUT2D eigenvalue weighted by molar-refractivity contribution is -0.132. The molecular formula is C31H36N4O4. The molecule has 0 aliphatic rings. The van der Waals surface area contributed by atoms with E-state index >= 15 is 0 Å². The molecule has 0 saturated heterocycles. The lowest BCUT2D eigenvalue weighted by Gasteiger charge is -2.33. The summed E-state index contributed by atoms with van der Waals surface area (Å²) >= 11 is 0. The number of nitrogens with one attached hydrogen (secondary N) is 3. The molecule has 0 spiro atoms. The molecule has 0 aliphatic heterocycles. The van der Waals surface area contributed by atoms with Gasteiger partial charge < -0.3 is 20.7 Å². The van der Waals surface area contributed by atoms with E-state index < -0.39 is 29.5 Å². The van der Waals surface area contributed by atoms with Gasteiger partial charge in [0.25, 0.3) is 0 Å². The Morgan fingerprint density at radius 3 is 1.95 bits per heavy atom. The van der Waals surface area contributed by atoms with Crippen molar-refractivity contribution >= 4 is 24.1 Å². The molecular weight excluding hydrogens is 492 g/mol. The van der Waals surface area contributed by atoms with E-state index in [2.05, 4.69) is 20.9 Å². The number of ether oxygens (including phenoxy) is 1. The number of rotatable bonds is 12. The third-order valence-electron chi connectivity index (χ3n) is 6.45. The molecule has 204 valence electrons. The minimum Gasteiger partial charge on any atom is -0.445 e. The molecule has 3 rings (SSSR count). The lowest BCUT2D eigenvalue weighted by atomic mass is 9.87. The molecule has 8 nitrogen and oxygen atoms in total. The highest BCUT2D eigenvalue weighted by atomic mass is 16.5. The first-order valence-corrected chi connectivity index (χ1v) is 12.9. The van der Waals surface area contributed by atoms with E-state index in [0.717, 1.165) is 16.7 Å². The number of carbonyl (C=O) groups excluding carboxylic acids is 3. The summed E-state index contributed by atoms with van der Waals surface area (Å²) in [5, 5.41) is 8.32. The summed E-state index contributed by atoms with van der Waals surface area (Å²) in [7, 11) is 0. The number of amides is 3. The van der Waals surface area contributed by atoms with Crippen molar-refractivity contribution in [1.82, 2.24) is 16.0 Å².